The summed E-state index contributed by atoms with van der Waals surface area (Å²) >= 11 is 0. The van der Waals surface area contributed by atoms with Crippen LogP contribution in [0.4, 0.5) is 0 Å². The number of methoxy groups -OCH3 is 2. The molecule has 16 nitrogen and oxygen atoms in total. The zero-order valence-electron chi connectivity index (χ0n) is 44.6. The van der Waals surface area contributed by atoms with Crippen molar-refractivity contribution in [2.75, 3.05) is 47.3 Å². The highest BCUT2D eigenvalue weighted by Crippen LogP contribution is 2.52. The molecule has 0 bridgehead atoms. The number of guanidine groups is 1. The highest BCUT2D eigenvalue weighted by Gasteiger charge is 2.55. The summed E-state index contributed by atoms with van der Waals surface area (Å²) in [6.07, 6.45) is 19.2. The van der Waals surface area contributed by atoms with Gasteiger partial charge in [0.2, 0.25) is 5.96 Å². The molecule has 0 saturated carbocycles. The van der Waals surface area contributed by atoms with Gasteiger partial charge < -0.3 is 45.0 Å². The molecule has 16 heteroatoms. The lowest BCUT2D eigenvalue weighted by Crippen LogP contribution is -2.49. The van der Waals surface area contributed by atoms with Crippen LogP contribution >= 0.6 is 0 Å². The van der Waals surface area contributed by atoms with Gasteiger partial charge in [-0.15, -0.1) is 5.10 Å². The summed E-state index contributed by atoms with van der Waals surface area (Å²) in [5, 5.41) is 13.7. The highest BCUT2D eigenvalue weighted by atomic mass is 16.6. The largest absolute Gasteiger partial charge is 0.469 e. The molecule has 0 amide bonds. The van der Waals surface area contributed by atoms with Crippen molar-refractivity contribution in [3.8, 4) is 0 Å². The Hall–Kier alpha value is -3.66. The molecular weight excluding hydrogens is 873 g/mol. The highest BCUT2D eigenvalue weighted by molar-refractivity contribution is 5.85. The second-order valence-corrected chi connectivity index (χ2v) is 20.8. The molecule has 0 aliphatic rings. The van der Waals surface area contributed by atoms with Crippen molar-refractivity contribution >= 4 is 35.8 Å². The number of carbonyl (C=O) groups is 5. The maximum absolute atomic E-state index is 14.5. The van der Waals surface area contributed by atoms with Gasteiger partial charge in [-0.3, -0.25) is 29.4 Å². The molecule has 0 radical (unpaired) electrons. The van der Waals surface area contributed by atoms with Crippen molar-refractivity contribution in [2.24, 2.45) is 43.6 Å². The van der Waals surface area contributed by atoms with E-state index in [-0.39, 0.29) is 77.5 Å². The van der Waals surface area contributed by atoms with Crippen LogP contribution in [-0.2, 0) is 52.4 Å². The van der Waals surface area contributed by atoms with E-state index in [9.17, 15) is 29.1 Å². The summed E-state index contributed by atoms with van der Waals surface area (Å²) in [5.74, 6) is -3.36. The monoisotopic (exact) mass is 971 g/mol. The van der Waals surface area contributed by atoms with Crippen LogP contribution in [0.1, 0.15) is 216 Å². The first kappa shape index (κ1) is 64.3. The number of nitrogens with zero attached hydrogens (tertiary/aromatic N) is 1. The number of esters is 5. The van der Waals surface area contributed by atoms with Crippen molar-refractivity contribution in [1.29, 1.82) is 0 Å². The minimum atomic E-state index is -1.55. The van der Waals surface area contributed by atoms with Crippen molar-refractivity contribution in [3.63, 3.8) is 0 Å². The summed E-state index contributed by atoms with van der Waals surface area (Å²) in [6.45, 7) is 16.3. The SMILES string of the molecule is CCCCCCCCCCCCCCCCCCOC(=O)C(C)(CC(C)(C)C(=O)OCCOC)CC(C)(CC(C)(CC(C)(CC)C(=O)OCCC(O)NN=C(N)N)C(=O)OC)C(=O)OCCCC. The van der Waals surface area contributed by atoms with Gasteiger partial charge in [0.25, 0.3) is 0 Å². The Bertz CT molecular complexity index is 1480. The number of hydrogen-bond acceptors (Lipinski definition) is 14. The van der Waals surface area contributed by atoms with E-state index in [1.807, 2.05) is 6.92 Å². The molecule has 0 heterocycles. The lowest BCUT2D eigenvalue weighted by atomic mass is 9.59. The fraction of sp³-hybridized carbons (Fsp3) is 0.885. The number of hydrogen-bond donors (Lipinski definition) is 4. The zero-order chi connectivity index (χ0) is 51.7. The molecule has 398 valence electrons. The summed E-state index contributed by atoms with van der Waals surface area (Å²) in [7, 11) is 2.74. The van der Waals surface area contributed by atoms with Crippen LogP contribution in [0, 0.1) is 27.1 Å². The molecule has 0 aromatic rings. The van der Waals surface area contributed by atoms with E-state index < -0.39 is 63.1 Å². The molecule has 0 aromatic heterocycles. The van der Waals surface area contributed by atoms with Gasteiger partial charge in [0.1, 0.15) is 12.8 Å². The first-order valence-electron chi connectivity index (χ1n) is 25.8. The number of hydrazone groups is 1. The lowest BCUT2D eigenvalue weighted by Gasteiger charge is -2.44. The number of aliphatic hydroxyl groups excluding tert-OH is 1. The summed E-state index contributed by atoms with van der Waals surface area (Å²) in [4.78, 5) is 70.4. The summed E-state index contributed by atoms with van der Waals surface area (Å²) in [5.41, 5.74) is 5.98. The Morgan fingerprint density at radius 2 is 0.868 bits per heavy atom. The van der Waals surface area contributed by atoms with Crippen LogP contribution in [-0.4, -0.2) is 94.4 Å². The molecule has 0 aromatic carbocycles. The molecule has 0 rings (SSSR count). The number of unbranched alkanes of at least 4 members (excludes halogenated alkanes) is 16. The third-order valence-electron chi connectivity index (χ3n) is 13.1. The second-order valence-electron chi connectivity index (χ2n) is 20.8. The van der Waals surface area contributed by atoms with Gasteiger partial charge in [-0.05, 0) is 86.5 Å². The summed E-state index contributed by atoms with van der Waals surface area (Å²) in [6, 6.07) is 0. The number of rotatable bonds is 42. The molecule has 0 fully saturated rings. The van der Waals surface area contributed by atoms with Crippen LogP contribution in [0.3, 0.4) is 0 Å². The number of nitrogens with two attached hydrogens (primary N) is 2. The Labute approximate surface area is 411 Å². The molecule has 0 saturated heterocycles. The Morgan fingerprint density at radius 1 is 0.485 bits per heavy atom. The second kappa shape index (κ2) is 34.6. The Morgan fingerprint density at radius 3 is 1.31 bits per heavy atom. The maximum Gasteiger partial charge on any atom is 0.311 e. The van der Waals surface area contributed by atoms with Gasteiger partial charge in [0.05, 0.1) is 60.6 Å². The van der Waals surface area contributed by atoms with E-state index >= 15 is 0 Å². The Kier molecular flexibility index (Phi) is 32.7. The molecule has 0 aliphatic carbocycles. The molecular formula is C52H98N4O12. The Balaban J connectivity index is 6.40. The number of ether oxygens (including phenoxy) is 6. The third-order valence-corrected chi connectivity index (χ3v) is 13.1. The minimum absolute atomic E-state index is 0.0200. The standard InChI is InChI=1S/C52H98N4O12/c1-12-15-17-18-19-20-21-22-23-24-25-26-27-28-29-30-33-66-45(61)50(7,37-48(4,5)42(58)68-36-35-63-10)39-52(9,46(62)65-32-16-13-2)40-51(8,43(59)64-11)38-49(6,14-3)44(60)67-34-31-41(57)55-56-47(53)54/h41,55,57H,12-40H2,1-11H3,(H4,53,54,56). The summed E-state index contributed by atoms with van der Waals surface area (Å²) < 4.78 is 33.5. The normalized spacial score (nSPS) is 15.6. The zero-order valence-corrected chi connectivity index (χ0v) is 44.6. The van der Waals surface area contributed by atoms with Crippen molar-refractivity contribution in [1.82, 2.24) is 5.43 Å². The average Bonchev–Trinajstić information content (AvgIpc) is 3.28. The smallest absolute Gasteiger partial charge is 0.311 e. The van der Waals surface area contributed by atoms with Crippen LogP contribution < -0.4 is 16.9 Å². The third kappa shape index (κ3) is 25.8. The first-order chi connectivity index (χ1) is 32.0. The van der Waals surface area contributed by atoms with Gasteiger partial charge in [0, 0.05) is 13.5 Å². The van der Waals surface area contributed by atoms with Gasteiger partial charge >= 0.3 is 29.8 Å². The van der Waals surface area contributed by atoms with Crippen molar-refractivity contribution in [2.45, 2.75) is 223 Å². The number of nitrogens with one attached hydrogen (secondary N) is 1. The predicted octanol–water partition coefficient (Wildman–Crippen LogP) is 9.55. The van der Waals surface area contributed by atoms with E-state index in [1.165, 1.54) is 91.3 Å². The van der Waals surface area contributed by atoms with Gasteiger partial charge in [-0.2, -0.15) is 0 Å². The molecule has 68 heavy (non-hydrogen) atoms. The average molecular weight is 971 g/mol. The van der Waals surface area contributed by atoms with Crippen molar-refractivity contribution < 1.29 is 57.5 Å². The lowest BCUT2D eigenvalue weighted by molar-refractivity contribution is -0.173. The topological polar surface area (TPSA) is 237 Å². The molecule has 0 aliphatic heterocycles. The van der Waals surface area contributed by atoms with Gasteiger partial charge in [-0.1, -0.05) is 124 Å². The van der Waals surface area contributed by atoms with E-state index in [2.05, 4.69) is 17.5 Å². The van der Waals surface area contributed by atoms with Gasteiger partial charge in [0.15, 0.2) is 0 Å². The predicted molar refractivity (Wildman–Crippen MR) is 267 cm³/mol. The molecule has 0 spiro atoms. The number of carbonyl (C=O) groups excluding carboxylic acids is 5. The van der Waals surface area contributed by atoms with Crippen molar-refractivity contribution in [3.05, 3.63) is 0 Å². The quantitative estimate of drug-likeness (QED) is 0.00847. The van der Waals surface area contributed by atoms with Gasteiger partial charge in [-0.25, -0.2) is 0 Å². The first-order valence-corrected chi connectivity index (χ1v) is 25.8. The molecule has 5 atom stereocenters. The molecule has 5 unspecified atom stereocenters. The van der Waals surface area contributed by atoms with E-state index in [0.29, 0.717) is 12.8 Å². The van der Waals surface area contributed by atoms with E-state index in [1.54, 1.807) is 48.5 Å². The number of aliphatic hydroxyl groups is 1. The van der Waals surface area contributed by atoms with Crippen LogP contribution in [0.15, 0.2) is 5.10 Å². The maximum atomic E-state index is 14.5. The van der Waals surface area contributed by atoms with Crippen LogP contribution in [0.5, 0.6) is 0 Å². The fourth-order valence-electron chi connectivity index (χ4n) is 9.38. The molecule has 6 N–H and O–H groups in total. The van der Waals surface area contributed by atoms with Crippen LogP contribution in [0.2, 0.25) is 0 Å². The van der Waals surface area contributed by atoms with E-state index in [0.717, 1.165) is 25.7 Å². The van der Waals surface area contributed by atoms with Crippen LogP contribution in [0.25, 0.3) is 0 Å². The van der Waals surface area contributed by atoms with E-state index in [4.69, 9.17) is 39.9 Å². The minimum Gasteiger partial charge on any atom is -0.469 e. The fourth-order valence-corrected chi connectivity index (χ4v) is 9.38.